The van der Waals surface area contributed by atoms with Crippen LogP contribution in [0.3, 0.4) is 0 Å². The number of hydrogen-bond acceptors (Lipinski definition) is 2. The minimum absolute atomic E-state index is 0.163. The van der Waals surface area contributed by atoms with Crippen molar-refractivity contribution in [1.29, 1.82) is 0 Å². The van der Waals surface area contributed by atoms with Crippen LogP contribution in [0.2, 0.25) is 5.02 Å². The summed E-state index contributed by atoms with van der Waals surface area (Å²) in [6, 6.07) is 10.6. The van der Waals surface area contributed by atoms with Gasteiger partial charge in [0.2, 0.25) is 5.91 Å². The SMILES string of the molecule is O=C(CNc1ccc(Cl)c(C(F)(F)F)c1)Nc1ccccc1I. The van der Waals surface area contributed by atoms with Crippen molar-refractivity contribution in [1.82, 2.24) is 0 Å². The van der Waals surface area contributed by atoms with E-state index in [1.165, 1.54) is 6.07 Å². The molecule has 0 spiro atoms. The molecule has 0 unspecified atom stereocenters. The van der Waals surface area contributed by atoms with Gasteiger partial charge in [-0.25, -0.2) is 0 Å². The molecule has 8 heteroatoms. The van der Waals surface area contributed by atoms with E-state index in [0.29, 0.717) is 5.69 Å². The van der Waals surface area contributed by atoms with Crippen molar-refractivity contribution in [3.63, 3.8) is 0 Å². The van der Waals surface area contributed by atoms with Crippen molar-refractivity contribution in [3.8, 4) is 0 Å². The van der Waals surface area contributed by atoms with Gasteiger partial charge < -0.3 is 10.6 Å². The van der Waals surface area contributed by atoms with E-state index in [2.05, 4.69) is 33.2 Å². The first-order valence-corrected chi connectivity index (χ1v) is 7.88. The molecule has 0 atom stereocenters. The number of nitrogens with one attached hydrogen (secondary N) is 2. The number of alkyl halides is 3. The Hall–Kier alpha value is -1.48. The molecule has 2 aromatic carbocycles. The summed E-state index contributed by atoms with van der Waals surface area (Å²) >= 11 is 7.62. The van der Waals surface area contributed by atoms with E-state index >= 15 is 0 Å². The molecular formula is C15H11ClF3IN2O. The predicted molar refractivity (Wildman–Crippen MR) is 92.7 cm³/mol. The van der Waals surface area contributed by atoms with Gasteiger partial charge in [-0.15, -0.1) is 0 Å². The Balaban J connectivity index is 2.01. The summed E-state index contributed by atoms with van der Waals surface area (Å²) in [5.74, 6) is -0.363. The molecule has 122 valence electrons. The van der Waals surface area contributed by atoms with Gasteiger partial charge in [0.05, 0.1) is 22.8 Å². The van der Waals surface area contributed by atoms with Gasteiger partial charge >= 0.3 is 6.18 Å². The van der Waals surface area contributed by atoms with E-state index in [4.69, 9.17) is 11.6 Å². The zero-order chi connectivity index (χ0) is 17.0. The number of benzene rings is 2. The van der Waals surface area contributed by atoms with Crippen molar-refractivity contribution < 1.29 is 18.0 Å². The first-order chi connectivity index (χ1) is 10.8. The van der Waals surface area contributed by atoms with Crippen LogP contribution < -0.4 is 10.6 Å². The third-order valence-electron chi connectivity index (χ3n) is 2.87. The number of amides is 1. The van der Waals surface area contributed by atoms with Crippen LogP contribution in [0.15, 0.2) is 42.5 Å². The molecule has 0 saturated heterocycles. The molecule has 0 aliphatic heterocycles. The highest BCUT2D eigenvalue weighted by Gasteiger charge is 2.33. The highest BCUT2D eigenvalue weighted by Crippen LogP contribution is 2.36. The smallest absolute Gasteiger partial charge is 0.376 e. The first kappa shape index (κ1) is 17.9. The normalized spacial score (nSPS) is 11.2. The lowest BCUT2D eigenvalue weighted by Crippen LogP contribution is -2.22. The molecule has 0 aliphatic rings. The van der Waals surface area contributed by atoms with Gasteiger partial charge in [0.25, 0.3) is 0 Å². The van der Waals surface area contributed by atoms with Crippen LogP contribution in [0.25, 0.3) is 0 Å². The highest BCUT2D eigenvalue weighted by atomic mass is 127. The molecule has 0 heterocycles. The third kappa shape index (κ3) is 5.00. The summed E-state index contributed by atoms with van der Waals surface area (Å²) < 4.78 is 39.2. The number of rotatable bonds is 4. The Kier molecular flexibility index (Phi) is 5.74. The van der Waals surface area contributed by atoms with Gasteiger partial charge in [-0.3, -0.25) is 4.79 Å². The maximum atomic E-state index is 12.8. The number of para-hydroxylation sites is 1. The number of carbonyl (C=O) groups excluding carboxylic acids is 1. The summed E-state index contributed by atoms with van der Waals surface area (Å²) in [4.78, 5) is 11.9. The van der Waals surface area contributed by atoms with E-state index in [1.807, 2.05) is 12.1 Å². The molecule has 2 N–H and O–H groups in total. The lowest BCUT2D eigenvalue weighted by Gasteiger charge is -2.12. The van der Waals surface area contributed by atoms with Gasteiger partial charge in [-0.2, -0.15) is 13.2 Å². The second kappa shape index (κ2) is 7.39. The molecule has 23 heavy (non-hydrogen) atoms. The van der Waals surface area contributed by atoms with Gasteiger partial charge in [0.1, 0.15) is 0 Å². The van der Waals surface area contributed by atoms with Gasteiger partial charge in [0, 0.05) is 9.26 Å². The molecule has 1 amide bonds. The van der Waals surface area contributed by atoms with Gasteiger partial charge in [0.15, 0.2) is 0 Å². The third-order valence-corrected chi connectivity index (χ3v) is 4.14. The Morgan fingerprint density at radius 2 is 1.87 bits per heavy atom. The Bertz CT molecular complexity index is 722. The summed E-state index contributed by atoms with van der Waals surface area (Å²) in [6.07, 6.45) is -4.54. The lowest BCUT2D eigenvalue weighted by molar-refractivity contribution is -0.137. The number of anilines is 2. The van der Waals surface area contributed by atoms with Gasteiger partial charge in [-0.1, -0.05) is 23.7 Å². The van der Waals surface area contributed by atoms with Crippen LogP contribution in [0.4, 0.5) is 24.5 Å². The second-order valence-electron chi connectivity index (χ2n) is 4.57. The standard InChI is InChI=1S/C15H11ClF3IN2O/c16-11-6-5-9(7-10(11)15(17,18)19)21-8-14(23)22-13-4-2-1-3-12(13)20/h1-7,21H,8H2,(H,22,23). The molecule has 0 aromatic heterocycles. The summed E-state index contributed by atoms with van der Waals surface area (Å²) in [7, 11) is 0. The summed E-state index contributed by atoms with van der Waals surface area (Å²) in [5, 5.41) is 4.95. The monoisotopic (exact) mass is 454 g/mol. The topological polar surface area (TPSA) is 41.1 Å². The largest absolute Gasteiger partial charge is 0.417 e. The maximum absolute atomic E-state index is 12.8. The molecule has 0 radical (unpaired) electrons. The molecule has 3 nitrogen and oxygen atoms in total. The minimum Gasteiger partial charge on any atom is -0.376 e. The highest BCUT2D eigenvalue weighted by molar-refractivity contribution is 14.1. The summed E-state index contributed by atoms with van der Waals surface area (Å²) in [6.45, 7) is -0.163. The lowest BCUT2D eigenvalue weighted by atomic mass is 10.2. The van der Waals surface area contributed by atoms with Crippen molar-refractivity contribution in [2.24, 2.45) is 0 Å². The average molecular weight is 455 g/mol. The second-order valence-corrected chi connectivity index (χ2v) is 6.14. The Morgan fingerprint density at radius 3 is 2.52 bits per heavy atom. The molecule has 2 rings (SSSR count). The van der Waals surface area contributed by atoms with E-state index in [9.17, 15) is 18.0 Å². The zero-order valence-corrected chi connectivity index (χ0v) is 14.5. The predicted octanol–water partition coefficient (Wildman–Crippen LogP) is 5.01. The van der Waals surface area contributed by atoms with Crippen molar-refractivity contribution >= 4 is 51.5 Å². The minimum atomic E-state index is -4.54. The molecule has 0 fully saturated rings. The van der Waals surface area contributed by atoms with Crippen LogP contribution in [0, 0.1) is 3.57 Å². The van der Waals surface area contributed by atoms with Crippen LogP contribution in [0.1, 0.15) is 5.56 Å². The number of hydrogen-bond donors (Lipinski definition) is 2. The fourth-order valence-electron chi connectivity index (χ4n) is 1.79. The first-order valence-electron chi connectivity index (χ1n) is 6.42. The molecular weight excluding hydrogens is 444 g/mol. The zero-order valence-electron chi connectivity index (χ0n) is 11.5. The summed E-state index contributed by atoms with van der Waals surface area (Å²) in [5.41, 5.74) is -0.131. The number of halogens is 5. The van der Waals surface area contributed by atoms with E-state index < -0.39 is 11.7 Å². The van der Waals surface area contributed by atoms with Crippen LogP contribution >= 0.6 is 34.2 Å². The van der Waals surface area contributed by atoms with E-state index in [-0.39, 0.29) is 23.2 Å². The van der Waals surface area contributed by atoms with Crippen LogP contribution in [-0.2, 0) is 11.0 Å². The fraction of sp³-hybridized carbons (Fsp3) is 0.133. The van der Waals surface area contributed by atoms with Crippen LogP contribution in [0.5, 0.6) is 0 Å². The molecule has 0 aliphatic carbocycles. The van der Waals surface area contributed by atoms with Crippen molar-refractivity contribution in [3.05, 3.63) is 56.6 Å². The number of carbonyl (C=O) groups is 1. The Morgan fingerprint density at radius 1 is 1.17 bits per heavy atom. The maximum Gasteiger partial charge on any atom is 0.417 e. The molecule has 0 bridgehead atoms. The van der Waals surface area contributed by atoms with Crippen LogP contribution in [-0.4, -0.2) is 12.5 Å². The van der Waals surface area contributed by atoms with Gasteiger partial charge in [-0.05, 0) is 52.9 Å². The van der Waals surface area contributed by atoms with Crippen molar-refractivity contribution in [2.75, 3.05) is 17.2 Å². The molecule has 0 saturated carbocycles. The molecule has 2 aromatic rings. The fourth-order valence-corrected chi connectivity index (χ4v) is 2.54. The van der Waals surface area contributed by atoms with E-state index in [1.54, 1.807) is 12.1 Å². The van der Waals surface area contributed by atoms with E-state index in [0.717, 1.165) is 15.7 Å². The average Bonchev–Trinajstić information content (AvgIpc) is 2.47. The van der Waals surface area contributed by atoms with Crippen molar-refractivity contribution in [2.45, 2.75) is 6.18 Å². The quantitative estimate of drug-likeness (QED) is 0.638. The Labute approximate surface area is 149 Å².